The molecule has 0 fully saturated rings. The fourth-order valence-electron chi connectivity index (χ4n) is 2.10. The fraction of sp³-hybridized carbons (Fsp3) is 0.438. The number of hydrogen-bond donors (Lipinski definition) is 1. The predicted molar refractivity (Wildman–Crippen MR) is 85.7 cm³/mol. The largest absolute Gasteiger partial charge is 0.487 e. The molecule has 114 valence electrons. The summed E-state index contributed by atoms with van der Waals surface area (Å²) in [4.78, 5) is 0. The van der Waals surface area contributed by atoms with Crippen LogP contribution in [0.25, 0.3) is 0 Å². The third kappa shape index (κ3) is 4.22. The highest BCUT2D eigenvalue weighted by molar-refractivity contribution is 6.31. The molecule has 5 heteroatoms. The highest BCUT2D eigenvalue weighted by Crippen LogP contribution is 2.21. The van der Waals surface area contributed by atoms with E-state index in [4.69, 9.17) is 16.3 Å². The third-order valence-electron chi connectivity index (χ3n) is 3.32. The Kier molecular flexibility index (Phi) is 5.65. The Balaban J connectivity index is 1.91. The average Bonchev–Trinajstić information content (AvgIpc) is 2.72. The quantitative estimate of drug-likeness (QED) is 0.796. The minimum absolute atomic E-state index is 0.420. The molecular formula is C16H22ClN3O. The van der Waals surface area contributed by atoms with Crippen molar-refractivity contribution in [2.24, 2.45) is 7.05 Å². The van der Waals surface area contributed by atoms with E-state index in [1.165, 1.54) is 5.56 Å². The van der Waals surface area contributed by atoms with Crippen molar-refractivity contribution in [2.75, 3.05) is 6.54 Å². The molecule has 0 aliphatic heterocycles. The van der Waals surface area contributed by atoms with E-state index >= 15 is 0 Å². The van der Waals surface area contributed by atoms with Gasteiger partial charge in [0.15, 0.2) is 0 Å². The SMILES string of the molecule is CCCNCc1ccc(OCc2c(Cl)c(C)nn2C)cc1. The summed E-state index contributed by atoms with van der Waals surface area (Å²) in [6.07, 6.45) is 1.14. The van der Waals surface area contributed by atoms with Crippen molar-refractivity contribution in [3.05, 3.63) is 46.2 Å². The number of ether oxygens (including phenoxy) is 1. The van der Waals surface area contributed by atoms with Gasteiger partial charge in [0.1, 0.15) is 12.4 Å². The first-order chi connectivity index (χ1) is 10.1. The number of nitrogens with one attached hydrogen (secondary N) is 1. The lowest BCUT2D eigenvalue weighted by Crippen LogP contribution is -2.13. The monoisotopic (exact) mass is 307 g/mol. The van der Waals surface area contributed by atoms with Gasteiger partial charge in [-0.1, -0.05) is 30.7 Å². The van der Waals surface area contributed by atoms with Gasteiger partial charge in [-0.25, -0.2) is 0 Å². The zero-order valence-electron chi connectivity index (χ0n) is 12.8. The Morgan fingerprint density at radius 2 is 2.00 bits per heavy atom. The van der Waals surface area contributed by atoms with Gasteiger partial charge < -0.3 is 10.1 Å². The molecule has 0 spiro atoms. The van der Waals surface area contributed by atoms with E-state index in [1.807, 2.05) is 26.1 Å². The van der Waals surface area contributed by atoms with E-state index in [2.05, 4.69) is 29.5 Å². The number of benzene rings is 1. The van der Waals surface area contributed by atoms with Gasteiger partial charge in [-0.3, -0.25) is 4.68 Å². The number of nitrogens with zero attached hydrogens (tertiary/aromatic N) is 2. The highest BCUT2D eigenvalue weighted by Gasteiger charge is 2.11. The lowest BCUT2D eigenvalue weighted by Gasteiger charge is -2.08. The summed E-state index contributed by atoms with van der Waals surface area (Å²) in [5.41, 5.74) is 2.98. The minimum atomic E-state index is 0.420. The summed E-state index contributed by atoms with van der Waals surface area (Å²) in [6.45, 7) is 6.40. The maximum Gasteiger partial charge on any atom is 0.131 e. The first-order valence-corrected chi connectivity index (χ1v) is 7.60. The van der Waals surface area contributed by atoms with Gasteiger partial charge in [0.05, 0.1) is 16.4 Å². The second kappa shape index (κ2) is 7.48. The maximum absolute atomic E-state index is 6.20. The molecule has 2 rings (SSSR count). The molecule has 0 aliphatic carbocycles. The molecule has 1 heterocycles. The van der Waals surface area contributed by atoms with Crippen LogP contribution in [-0.2, 0) is 20.2 Å². The second-order valence-corrected chi connectivity index (χ2v) is 5.46. The van der Waals surface area contributed by atoms with E-state index in [0.717, 1.165) is 36.6 Å². The molecule has 0 saturated heterocycles. The number of hydrogen-bond acceptors (Lipinski definition) is 3. The molecule has 0 saturated carbocycles. The molecule has 0 aliphatic rings. The van der Waals surface area contributed by atoms with Crippen LogP contribution in [0.1, 0.15) is 30.3 Å². The second-order valence-electron chi connectivity index (χ2n) is 5.08. The van der Waals surface area contributed by atoms with E-state index < -0.39 is 0 Å². The molecule has 4 nitrogen and oxygen atoms in total. The third-order valence-corrected chi connectivity index (χ3v) is 3.81. The van der Waals surface area contributed by atoms with Crippen LogP contribution in [0.2, 0.25) is 5.02 Å². The van der Waals surface area contributed by atoms with Crippen LogP contribution in [0.4, 0.5) is 0 Å². The average molecular weight is 308 g/mol. The van der Waals surface area contributed by atoms with Gasteiger partial charge in [0, 0.05) is 13.6 Å². The van der Waals surface area contributed by atoms with Crippen LogP contribution in [-0.4, -0.2) is 16.3 Å². The maximum atomic E-state index is 6.20. The van der Waals surface area contributed by atoms with Crippen molar-refractivity contribution in [1.82, 2.24) is 15.1 Å². The molecule has 0 atom stereocenters. The van der Waals surface area contributed by atoms with Crippen molar-refractivity contribution in [3.8, 4) is 5.75 Å². The zero-order chi connectivity index (χ0) is 15.2. The first kappa shape index (κ1) is 15.9. The molecule has 0 bridgehead atoms. The summed E-state index contributed by atoms with van der Waals surface area (Å²) in [5, 5.41) is 8.33. The van der Waals surface area contributed by atoms with E-state index in [0.29, 0.717) is 11.6 Å². The summed E-state index contributed by atoms with van der Waals surface area (Å²) in [6, 6.07) is 8.13. The number of aromatic nitrogens is 2. The Labute approximate surface area is 131 Å². The van der Waals surface area contributed by atoms with Gasteiger partial charge in [-0.2, -0.15) is 5.10 Å². The molecular weight excluding hydrogens is 286 g/mol. The predicted octanol–water partition coefficient (Wildman–Crippen LogP) is 3.46. The van der Waals surface area contributed by atoms with Crippen LogP contribution in [0.15, 0.2) is 24.3 Å². The van der Waals surface area contributed by atoms with E-state index in [-0.39, 0.29) is 0 Å². The summed E-state index contributed by atoms with van der Waals surface area (Å²) in [5.74, 6) is 0.837. The Morgan fingerprint density at radius 3 is 2.57 bits per heavy atom. The van der Waals surface area contributed by atoms with Crippen molar-refractivity contribution in [2.45, 2.75) is 33.4 Å². The lowest BCUT2D eigenvalue weighted by molar-refractivity contribution is 0.295. The normalized spacial score (nSPS) is 10.9. The van der Waals surface area contributed by atoms with Crippen LogP contribution >= 0.6 is 11.6 Å². The van der Waals surface area contributed by atoms with Crippen molar-refractivity contribution in [3.63, 3.8) is 0 Å². The number of aryl methyl sites for hydroxylation is 2. The van der Waals surface area contributed by atoms with Gasteiger partial charge >= 0.3 is 0 Å². The molecule has 0 amide bonds. The Morgan fingerprint density at radius 1 is 1.29 bits per heavy atom. The summed E-state index contributed by atoms with van der Waals surface area (Å²) in [7, 11) is 1.88. The molecule has 2 aromatic rings. The van der Waals surface area contributed by atoms with E-state index in [9.17, 15) is 0 Å². The fourth-order valence-corrected chi connectivity index (χ4v) is 2.32. The molecule has 1 aromatic carbocycles. The van der Waals surface area contributed by atoms with Gasteiger partial charge in [0.2, 0.25) is 0 Å². The van der Waals surface area contributed by atoms with Crippen LogP contribution < -0.4 is 10.1 Å². The van der Waals surface area contributed by atoms with Gasteiger partial charge in [-0.05, 0) is 37.6 Å². The molecule has 1 N–H and O–H groups in total. The van der Waals surface area contributed by atoms with Gasteiger partial charge in [0.25, 0.3) is 0 Å². The van der Waals surface area contributed by atoms with Crippen LogP contribution in [0, 0.1) is 6.92 Å². The van der Waals surface area contributed by atoms with E-state index in [1.54, 1.807) is 4.68 Å². The van der Waals surface area contributed by atoms with Crippen molar-refractivity contribution < 1.29 is 4.74 Å². The number of halogens is 1. The van der Waals surface area contributed by atoms with Crippen LogP contribution in [0.5, 0.6) is 5.75 Å². The zero-order valence-corrected chi connectivity index (χ0v) is 13.6. The summed E-state index contributed by atoms with van der Waals surface area (Å²) >= 11 is 6.20. The highest BCUT2D eigenvalue weighted by atomic mass is 35.5. The lowest BCUT2D eigenvalue weighted by atomic mass is 10.2. The summed E-state index contributed by atoms with van der Waals surface area (Å²) < 4.78 is 7.55. The topological polar surface area (TPSA) is 39.1 Å². The van der Waals surface area contributed by atoms with Crippen molar-refractivity contribution in [1.29, 1.82) is 0 Å². The Hall–Kier alpha value is -1.52. The Bertz CT molecular complexity index is 578. The standard InChI is InChI=1S/C16H22ClN3O/c1-4-9-18-10-13-5-7-14(8-6-13)21-11-15-16(17)12(2)19-20(15)3/h5-8,18H,4,9-11H2,1-3H3. The molecule has 21 heavy (non-hydrogen) atoms. The van der Waals surface area contributed by atoms with Crippen LogP contribution in [0.3, 0.4) is 0 Å². The van der Waals surface area contributed by atoms with Crippen molar-refractivity contribution >= 4 is 11.6 Å². The van der Waals surface area contributed by atoms with Gasteiger partial charge in [-0.15, -0.1) is 0 Å². The molecule has 1 aromatic heterocycles. The molecule has 0 radical (unpaired) electrons. The first-order valence-electron chi connectivity index (χ1n) is 7.22. The molecule has 0 unspecified atom stereocenters. The smallest absolute Gasteiger partial charge is 0.131 e. The minimum Gasteiger partial charge on any atom is -0.487 e. The number of rotatable bonds is 7.